The van der Waals surface area contributed by atoms with Crippen molar-refractivity contribution < 1.29 is 9.47 Å². The summed E-state index contributed by atoms with van der Waals surface area (Å²) in [6, 6.07) is 2.00. The highest BCUT2D eigenvalue weighted by molar-refractivity contribution is 5.33. The number of rotatable bonds is 2. The van der Waals surface area contributed by atoms with Gasteiger partial charge in [-0.1, -0.05) is 0 Å². The van der Waals surface area contributed by atoms with Crippen molar-refractivity contribution >= 4 is 5.82 Å². The molecule has 5 heteroatoms. The fourth-order valence-electron chi connectivity index (χ4n) is 1.29. The maximum absolute atomic E-state index is 5.35. The second-order valence-corrected chi connectivity index (χ2v) is 3.09. The van der Waals surface area contributed by atoms with Crippen LogP contribution in [-0.4, -0.2) is 42.4 Å². The molecule has 0 aromatic carbocycles. The zero-order valence-electron chi connectivity index (χ0n) is 7.85. The van der Waals surface area contributed by atoms with Crippen LogP contribution in [0.15, 0.2) is 18.6 Å². The Labute approximate surface area is 82.5 Å². The molecule has 14 heavy (non-hydrogen) atoms. The summed E-state index contributed by atoms with van der Waals surface area (Å²) in [6.07, 6.45) is 3.22. The van der Waals surface area contributed by atoms with Crippen LogP contribution >= 0.6 is 0 Å². The predicted octanol–water partition coefficient (Wildman–Crippen LogP) is 0.304. The van der Waals surface area contributed by atoms with Crippen molar-refractivity contribution in [3.63, 3.8) is 0 Å². The van der Waals surface area contributed by atoms with Gasteiger partial charge in [-0.2, -0.15) is 0 Å². The second-order valence-electron chi connectivity index (χ2n) is 3.09. The molecule has 1 aliphatic rings. The molecule has 1 saturated heterocycles. The first-order chi connectivity index (χ1) is 6.95. The third-order valence-corrected chi connectivity index (χ3v) is 1.94. The minimum Gasteiger partial charge on any atom is -0.377 e. The van der Waals surface area contributed by atoms with Crippen LogP contribution in [0.1, 0.15) is 0 Å². The minimum atomic E-state index is 0.174. The molecular formula is C9H13N3O2. The first-order valence-corrected chi connectivity index (χ1v) is 4.63. The number of hydrogen-bond acceptors (Lipinski definition) is 5. The zero-order valence-corrected chi connectivity index (χ0v) is 7.85. The molecule has 5 nitrogen and oxygen atoms in total. The van der Waals surface area contributed by atoms with E-state index in [0.717, 1.165) is 5.82 Å². The van der Waals surface area contributed by atoms with Crippen LogP contribution in [0.25, 0.3) is 0 Å². The Hall–Kier alpha value is -1.20. The fourth-order valence-corrected chi connectivity index (χ4v) is 1.29. The average Bonchev–Trinajstić information content (AvgIpc) is 2.48. The summed E-state index contributed by atoms with van der Waals surface area (Å²) in [4.78, 5) is 7.91. The summed E-state index contributed by atoms with van der Waals surface area (Å²) < 4.78 is 10.7. The van der Waals surface area contributed by atoms with Crippen LogP contribution in [0.5, 0.6) is 0 Å². The van der Waals surface area contributed by atoms with Crippen molar-refractivity contribution in [3.8, 4) is 0 Å². The highest BCUT2D eigenvalue weighted by Crippen LogP contribution is 2.04. The van der Waals surface area contributed by atoms with Gasteiger partial charge in [0.15, 0.2) is 0 Å². The van der Waals surface area contributed by atoms with Gasteiger partial charge in [-0.3, -0.25) is 0 Å². The molecule has 0 aliphatic carbocycles. The van der Waals surface area contributed by atoms with Crippen molar-refractivity contribution in [3.05, 3.63) is 18.6 Å². The molecule has 0 unspecified atom stereocenters. The molecule has 0 saturated carbocycles. The van der Waals surface area contributed by atoms with E-state index in [2.05, 4.69) is 15.3 Å². The predicted molar refractivity (Wildman–Crippen MR) is 51.1 cm³/mol. The standard InChI is InChI=1S/C9H13N3O2/c1-2-10-7-11-9(1)12-8-5-13-3-4-14-6-8/h1-2,7-8H,3-6H2,(H,10,11,12). The van der Waals surface area contributed by atoms with Gasteiger partial charge in [0.2, 0.25) is 0 Å². The molecule has 1 aliphatic heterocycles. The maximum atomic E-state index is 5.35. The molecule has 0 bridgehead atoms. The Kier molecular flexibility index (Phi) is 3.26. The highest BCUT2D eigenvalue weighted by Gasteiger charge is 2.12. The highest BCUT2D eigenvalue weighted by atomic mass is 16.5. The molecule has 1 aromatic heterocycles. The third-order valence-electron chi connectivity index (χ3n) is 1.94. The SMILES string of the molecule is c1cc(NC2COCCOC2)ncn1. The molecule has 0 amide bonds. The molecule has 0 radical (unpaired) electrons. The number of hydrogen-bond donors (Lipinski definition) is 1. The quantitative estimate of drug-likeness (QED) is 0.735. The first-order valence-electron chi connectivity index (χ1n) is 4.63. The monoisotopic (exact) mass is 195 g/mol. The molecule has 76 valence electrons. The molecule has 1 fully saturated rings. The lowest BCUT2D eigenvalue weighted by atomic mass is 10.3. The Balaban J connectivity index is 1.90. The van der Waals surface area contributed by atoms with Gasteiger partial charge in [0.05, 0.1) is 32.5 Å². The normalized spacial score (nSPS) is 18.9. The van der Waals surface area contributed by atoms with Crippen molar-refractivity contribution in [1.82, 2.24) is 9.97 Å². The van der Waals surface area contributed by atoms with Crippen molar-refractivity contribution in [2.24, 2.45) is 0 Å². The lowest BCUT2D eigenvalue weighted by Gasteiger charge is -2.15. The number of ether oxygens (including phenoxy) is 2. The van der Waals surface area contributed by atoms with Gasteiger partial charge >= 0.3 is 0 Å². The van der Waals surface area contributed by atoms with Crippen LogP contribution in [0, 0.1) is 0 Å². The van der Waals surface area contributed by atoms with Crippen LogP contribution < -0.4 is 5.32 Å². The molecule has 0 spiro atoms. The van der Waals surface area contributed by atoms with Gasteiger partial charge in [0, 0.05) is 6.20 Å². The van der Waals surface area contributed by atoms with E-state index in [1.54, 1.807) is 6.20 Å². The van der Waals surface area contributed by atoms with Gasteiger partial charge in [-0.15, -0.1) is 0 Å². The topological polar surface area (TPSA) is 56.3 Å². The number of aromatic nitrogens is 2. The second kappa shape index (κ2) is 4.88. The Morgan fingerprint density at radius 2 is 2.07 bits per heavy atom. The number of anilines is 1. The summed E-state index contributed by atoms with van der Waals surface area (Å²) in [6.45, 7) is 2.65. The Morgan fingerprint density at radius 3 is 2.71 bits per heavy atom. The van der Waals surface area contributed by atoms with Crippen LogP contribution in [-0.2, 0) is 9.47 Å². The van der Waals surface area contributed by atoms with E-state index in [1.165, 1.54) is 6.33 Å². The van der Waals surface area contributed by atoms with E-state index < -0.39 is 0 Å². The van der Waals surface area contributed by atoms with Crippen molar-refractivity contribution in [1.29, 1.82) is 0 Å². The van der Waals surface area contributed by atoms with Gasteiger partial charge in [-0.05, 0) is 6.07 Å². The van der Waals surface area contributed by atoms with Gasteiger partial charge in [0.25, 0.3) is 0 Å². The average molecular weight is 195 g/mol. The minimum absolute atomic E-state index is 0.174. The van der Waals surface area contributed by atoms with Gasteiger partial charge in [-0.25, -0.2) is 9.97 Å². The Morgan fingerprint density at radius 1 is 1.29 bits per heavy atom. The lowest BCUT2D eigenvalue weighted by Crippen LogP contribution is -2.28. The smallest absolute Gasteiger partial charge is 0.129 e. The van der Waals surface area contributed by atoms with Crippen LogP contribution in [0.4, 0.5) is 5.82 Å². The lowest BCUT2D eigenvalue weighted by molar-refractivity contribution is 0.103. The summed E-state index contributed by atoms with van der Waals surface area (Å²) in [5.41, 5.74) is 0. The van der Waals surface area contributed by atoms with Crippen LogP contribution in [0.2, 0.25) is 0 Å². The summed E-state index contributed by atoms with van der Waals surface area (Å²) >= 11 is 0. The van der Waals surface area contributed by atoms with E-state index in [1.807, 2.05) is 6.07 Å². The van der Waals surface area contributed by atoms with E-state index in [0.29, 0.717) is 26.4 Å². The van der Waals surface area contributed by atoms with E-state index in [-0.39, 0.29) is 6.04 Å². The van der Waals surface area contributed by atoms with Crippen molar-refractivity contribution in [2.45, 2.75) is 6.04 Å². The molecule has 1 aromatic rings. The van der Waals surface area contributed by atoms with E-state index >= 15 is 0 Å². The molecule has 0 atom stereocenters. The summed E-state index contributed by atoms with van der Waals surface area (Å²) in [7, 11) is 0. The van der Waals surface area contributed by atoms with Crippen LogP contribution in [0.3, 0.4) is 0 Å². The number of nitrogens with one attached hydrogen (secondary N) is 1. The summed E-state index contributed by atoms with van der Waals surface area (Å²) in [5, 5.41) is 3.22. The van der Waals surface area contributed by atoms with Gasteiger partial charge in [0.1, 0.15) is 12.1 Å². The third kappa shape index (κ3) is 2.65. The maximum Gasteiger partial charge on any atom is 0.129 e. The fraction of sp³-hybridized carbons (Fsp3) is 0.556. The van der Waals surface area contributed by atoms with Crippen molar-refractivity contribution in [2.75, 3.05) is 31.7 Å². The Bertz CT molecular complexity index is 260. The molecule has 2 heterocycles. The van der Waals surface area contributed by atoms with E-state index in [4.69, 9.17) is 9.47 Å². The number of nitrogens with zero attached hydrogens (tertiary/aromatic N) is 2. The molecule has 2 rings (SSSR count). The molecule has 1 N–H and O–H groups in total. The largest absolute Gasteiger partial charge is 0.377 e. The van der Waals surface area contributed by atoms with E-state index in [9.17, 15) is 0 Å². The van der Waals surface area contributed by atoms with Gasteiger partial charge < -0.3 is 14.8 Å². The zero-order chi connectivity index (χ0) is 9.64. The summed E-state index contributed by atoms with van der Waals surface area (Å²) in [5.74, 6) is 0.805. The first kappa shape index (κ1) is 9.36. The molecular weight excluding hydrogens is 182 g/mol.